The van der Waals surface area contributed by atoms with E-state index >= 15 is 0 Å². The topological polar surface area (TPSA) is 29.5 Å². The number of rotatable bonds is 3. The van der Waals surface area contributed by atoms with Crippen molar-refractivity contribution in [3.8, 4) is 0 Å². The third-order valence-corrected chi connectivity index (χ3v) is 4.74. The Morgan fingerprint density at radius 3 is 2.81 bits per heavy atom. The van der Waals surface area contributed by atoms with Gasteiger partial charge in [0.15, 0.2) is 0 Å². The van der Waals surface area contributed by atoms with Crippen LogP contribution in [0.15, 0.2) is 42.5 Å². The zero-order valence-corrected chi connectivity index (χ0v) is 13.1. The van der Waals surface area contributed by atoms with Gasteiger partial charge < -0.3 is 9.64 Å². The molecule has 0 radical (unpaired) electrons. The van der Waals surface area contributed by atoms with E-state index in [1.165, 1.54) is 16.9 Å². The predicted octanol–water partition coefficient (Wildman–Crippen LogP) is 3.49. The van der Waals surface area contributed by atoms with Crippen LogP contribution in [0.5, 0.6) is 0 Å². The molecule has 0 aliphatic carbocycles. The van der Waals surface area contributed by atoms with E-state index in [4.69, 9.17) is 16.3 Å². The van der Waals surface area contributed by atoms with Crippen LogP contribution in [0.1, 0.15) is 15.2 Å². The maximum atomic E-state index is 12.4. The van der Waals surface area contributed by atoms with Crippen LogP contribution in [0.25, 0.3) is 0 Å². The van der Waals surface area contributed by atoms with Crippen molar-refractivity contribution in [2.24, 2.45) is 0 Å². The lowest BCUT2D eigenvalue weighted by atomic mass is 10.1. The molecule has 0 unspecified atom stereocenters. The Bertz CT molecular complexity index is 614. The van der Waals surface area contributed by atoms with Crippen molar-refractivity contribution >= 4 is 28.8 Å². The Morgan fingerprint density at radius 2 is 2.10 bits per heavy atom. The summed E-state index contributed by atoms with van der Waals surface area (Å²) in [7, 11) is 0. The molecule has 1 aliphatic rings. The quantitative estimate of drug-likeness (QED) is 0.866. The Labute approximate surface area is 133 Å². The first kappa shape index (κ1) is 14.6. The van der Waals surface area contributed by atoms with Crippen molar-refractivity contribution in [3.63, 3.8) is 0 Å². The molecular formula is C16H16ClNO2S. The summed E-state index contributed by atoms with van der Waals surface area (Å²) in [5.74, 6) is 0.0493. The first-order chi connectivity index (χ1) is 10.2. The number of nitrogens with zero attached hydrogens (tertiary/aromatic N) is 1. The molecule has 1 aliphatic heterocycles. The van der Waals surface area contributed by atoms with Gasteiger partial charge in [-0.25, -0.2) is 0 Å². The largest absolute Gasteiger partial charge is 0.374 e. The monoisotopic (exact) mass is 321 g/mol. The molecule has 110 valence electrons. The minimum atomic E-state index is 0.0493. The number of carbonyl (C=O) groups excluding carboxylic acids is 1. The lowest BCUT2D eigenvalue weighted by molar-refractivity contribution is -0.0206. The summed E-state index contributed by atoms with van der Waals surface area (Å²) in [5.41, 5.74) is 1.23. The highest BCUT2D eigenvalue weighted by atomic mass is 35.5. The number of amides is 1. The van der Waals surface area contributed by atoms with Gasteiger partial charge in [-0.05, 0) is 17.7 Å². The summed E-state index contributed by atoms with van der Waals surface area (Å²) in [4.78, 5) is 15.0. The highest BCUT2D eigenvalue weighted by molar-refractivity contribution is 7.17. The molecule has 1 aromatic heterocycles. The van der Waals surface area contributed by atoms with Gasteiger partial charge in [0.2, 0.25) is 0 Å². The van der Waals surface area contributed by atoms with Gasteiger partial charge in [0, 0.05) is 19.5 Å². The van der Waals surface area contributed by atoms with E-state index in [1.807, 2.05) is 23.1 Å². The lowest BCUT2D eigenvalue weighted by Gasteiger charge is -2.32. The second kappa shape index (κ2) is 6.60. The lowest BCUT2D eigenvalue weighted by Crippen LogP contribution is -2.46. The smallest absolute Gasteiger partial charge is 0.264 e. The third kappa shape index (κ3) is 3.64. The maximum Gasteiger partial charge on any atom is 0.264 e. The van der Waals surface area contributed by atoms with E-state index in [9.17, 15) is 4.79 Å². The molecule has 1 fully saturated rings. The van der Waals surface area contributed by atoms with Crippen molar-refractivity contribution in [1.82, 2.24) is 4.90 Å². The molecule has 21 heavy (non-hydrogen) atoms. The fourth-order valence-electron chi connectivity index (χ4n) is 2.49. The molecule has 0 spiro atoms. The van der Waals surface area contributed by atoms with E-state index in [-0.39, 0.29) is 12.0 Å². The van der Waals surface area contributed by atoms with Gasteiger partial charge in [0.05, 0.1) is 21.9 Å². The van der Waals surface area contributed by atoms with Crippen molar-refractivity contribution < 1.29 is 9.53 Å². The van der Waals surface area contributed by atoms with Crippen LogP contribution < -0.4 is 0 Å². The Balaban J connectivity index is 1.64. The Kier molecular flexibility index (Phi) is 4.58. The van der Waals surface area contributed by atoms with E-state index in [0.29, 0.717) is 28.9 Å². The zero-order chi connectivity index (χ0) is 14.7. The van der Waals surface area contributed by atoms with Gasteiger partial charge in [-0.15, -0.1) is 11.3 Å². The maximum absolute atomic E-state index is 12.4. The molecule has 1 amide bonds. The number of benzene rings is 1. The molecule has 3 rings (SSSR count). The fraction of sp³-hybridized carbons (Fsp3) is 0.312. The van der Waals surface area contributed by atoms with Gasteiger partial charge in [-0.3, -0.25) is 4.79 Å². The van der Waals surface area contributed by atoms with Gasteiger partial charge in [0.25, 0.3) is 5.91 Å². The van der Waals surface area contributed by atoms with Gasteiger partial charge >= 0.3 is 0 Å². The number of hydrogen-bond donors (Lipinski definition) is 0. The van der Waals surface area contributed by atoms with Crippen LogP contribution in [0.2, 0.25) is 4.34 Å². The summed E-state index contributed by atoms with van der Waals surface area (Å²) in [6.07, 6.45) is 0.885. The molecule has 3 nitrogen and oxygen atoms in total. The average Bonchev–Trinajstić information content (AvgIpc) is 2.94. The van der Waals surface area contributed by atoms with Crippen LogP contribution in [0.4, 0.5) is 0 Å². The number of ether oxygens (including phenoxy) is 1. The standard InChI is InChI=1S/C16H16ClNO2S/c17-15-7-6-14(21-15)16(19)18-8-9-20-13(11-18)10-12-4-2-1-3-5-12/h1-7,13H,8-11H2/t13-/m0/s1. The first-order valence-corrected chi connectivity index (χ1v) is 8.12. The Morgan fingerprint density at radius 1 is 1.29 bits per heavy atom. The number of hydrogen-bond acceptors (Lipinski definition) is 3. The molecule has 1 saturated heterocycles. The summed E-state index contributed by atoms with van der Waals surface area (Å²) >= 11 is 7.23. The normalized spacial score (nSPS) is 18.7. The van der Waals surface area contributed by atoms with Crippen LogP contribution in [-0.2, 0) is 11.2 Å². The highest BCUT2D eigenvalue weighted by Crippen LogP contribution is 2.23. The van der Waals surface area contributed by atoms with Gasteiger partial charge in [-0.2, -0.15) is 0 Å². The molecule has 1 aromatic carbocycles. The molecule has 0 N–H and O–H groups in total. The average molecular weight is 322 g/mol. The molecule has 1 atom stereocenters. The van der Waals surface area contributed by atoms with Crippen LogP contribution in [0, 0.1) is 0 Å². The molecule has 0 saturated carbocycles. The second-order valence-corrected chi connectivity index (χ2v) is 6.75. The number of thiophene rings is 1. The Hall–Kier alpha value is -1.36. The first-order valence-electron chi connectivity index (χ1n) is 6.92. The van der Waals surface area contributed by atoms with Gasteiger partial charge in [0.1, 0.15) is 0 Å². The van der Waals surface area contributed by atoms with Crippen LogP contribution in [-0.4, -0.2) is 36.6 Å². The summed E-state index contributed by atoms with van der Waals surface area (Å²) < 4.78 is 6.43. The van der Waals surface area contributed by atoms with E-state index < -0.39 is 0 Å². The zero-order valence-electron chi connectivity index (χ0n) is 11.5. The molecule has 2 aromatic rings. The summed E-state index contributed by atoms with van der Waals surface area (Å²) in [5, 5.41) is 0. The van der Waals surface area contributed by atoms with E-state index in [1.54, 1.807) is 12.1 Å². The fourth-order valence-corrected chi connectivity index (χ4v) is 3.50. The summed E-state index contributed by atoms with van der Waals surface area (Å²) in [6.45, 7) is 1.85. The van der Waals surface area contributed by atoms with Crippen LogP contribution >= 0.6 is 22.9 Å². The van der Waals surface area contributed by atoms with Crippen molar-refractivity contribution in [3.05, 3.63) is 57.2 Å². The number of morpholine rings is 1. The SMILES string of the molecule is O=C(c1ccc(Cl)s1)N1CCO[C@@H](Cc2ccccc2)C1. The van der Waals surface area contributed by atoms with Crippen LogP contribution in [0.3, 0.4) is 0 Å². The number of halogens is 1. The van der Waals surface area contributed by atoms with E-state index in [0.717, 1.165) is 6.42 Å². The summed E-state index contributed by atoms with van der Waals surface area (Å²) in [6, 6.07) is 13.8. The van der Waals surface area contributed by atoms with Crippen molar-refractivity contribution in [1.29, 1.82) is 0 Å². The predicted molar refractivity (Wildman–Crippen MR) is 85.1 cm³/mol. The second-order valence-electron chi connectivity index (χ2n) is 5.04. The molecule has 0 bridgehead atoms. The van der Waals surface area contributed by atoms with Crippen molar-refractivity contribution in [2.45, 2.75) is 12.5 Å². The number of carbonyl (C=O) groups is 1. The third-order valence-electron chi connectivity index (χ3n) is 3.52. The molecular weight excluding hydrogens is 306 g/mol. The van der Waals surface area contributed by atoms with Crippen molar-refractivity contribution in [2.75, 3.05) is 19.7 Å². The minimum absolute atomic E-state index is 0.0493. The molecule has 5 heteroatoms. The molecule has 2 heterocycles. The van der Waals surface area contributed by atoms with E-state index in [2.05, 4.69) is 12.1 Å². The highest BCUT2D eigenvalue weighted by Gasteiger charge is 2.25. The minimum Gasteiger partial charge on any atom is -0.374 e. The van der Waals surface area contributed by atoms with Gasteiger partial charge in [-0.1, -0.05) is 41.9 Å².